The molecule has 1 aliphatic rings. The number of pyridine rings is 1. The van der Waals surface area contributed by atoms with Crippen molar-refractivity contribution in [3.8, 4) is 0 Å². The second kappa shape index (κ2) is 7.93. The van der Waals surface area contributed by atoms with Crippen molar-refractivity contribution in [2.45, 2.75) is 25.9 Å². The first-order chi connectivity index (χ1) is 11.7. The van der Waals surface area contributed by atoms with Gasteiger partial charge in [0.05, 0.1) is 6.54 Å². The van der Waals surface area contributed by atoms with Crippen LogP contribution in [0, 0.1) is 5.92 Å². The number of carbonyl (C=O) groups excluding carboxylic acids is 1. The van der Waals surface area contributed by atoms with Crippen molar-refractivity contribution in [3.05, 3.63) is 70.1 Å². The van der Waals surface area contributed by atoms with E-state index in [0.29, 0.717) is 13.1 Å². The van der Waals surface area contributed by atoms with Gasteiger partial charge < -0.3 is 15.2 Å². The molecule has 0 atom stereocenters. The summed E-state index contributed by atoms with van der Waals surface area (Å²) in [5, 5.41) is 6.29. The first kappa shape index (κ1) is 16.5. The monoisotopic (exact) mass is 325 g/mol. The van der Waals surface area contributed by atoms with Crippen molar-refractivity contribution in [3.63, 3.8) is 0 Å². The number of rotatable bonds is 5. The molecular formula is C19H23N3O2. The van der Waals surface area contributed by atoms with Crippen LogP contribution in [0.2, 0.25) is 0 Å². The standard InChI is InChI=1S/C19H23N3O2/c23-18-3-1-2-12-22(18)14-16-6-4-15(5-7-16)13-21-19(24)17-8-10-20-11-9-17/h1-7,12,17,20H,8-11,13-14H2,(H,21,24). The Hall–Kier alpha value is -2.40. The molecule has 24 heavy (non-hydrogen) atoms. The molecule has 126 valence electrons. The van der Waals surface area contributed by atoms with Crippen molar-refractivity contribution >= 4 is 5.91 Å². The van der Waals surface area contributed by atoms with Crippen molar-refractivity contribution in [1.82, 2.24) is 15.2 Å². The number of nitrogens with zero attached hydrogens (tertiary/aromatic N) is 1. The molecule has 0 bridgehead atoms. The SMILES string of the molecule is O=C(NCc1ccc(Cn2ccccc2=O)cc1)C1CCNCC1. The minimum absolute atomic E-state index is 0.00388. The Bertz CT molecular complexity index is 731. The highest BCUT2D eigenvalue weighted by Gasteiger charge is 2.20. The second-order valence-electron chi connectivity index (χ2n) is 6.23. The predicted octanol–water partition coefficient (Wildman–Crippen LogP) is 1.51. The molecule has 1 fully saturated rings. The normalized spacial score (nSPS) is 15.2. The number of benzene rings is 1. The average molecular weight is 325 g/mol. The third kappa shape index (κ3) is 4.32. The Labute approximate surface area is 141 Å². The molecule has 0 spiro atoms. The maximum Gasteiger partial charge on any atom is 0.250 e. The van der Waals surface area contributed by atoms with Crippen LogP contribution in [0.5, 0.6) is 0 Å². The van der Waals surface area contributed by atoms with Gasteiger partial charge in [-0.05, 0) is 43.1 Å². The molecular weight excluding hydrogens is 302 g/mol. The molecule has 5 heteroatoms. The van der Waals surface area contributed by atoms with E-state index in [-0.39, 0.29) is 17.4 Å². The summed E-state index contributed by atoms with van der Waals surface area (Å²) in [7, 11) is 0. The van der Waals surface area contributed by atoms with Crippen LogP contribution in [0.1, 0.15) is 24.0 Å². The lowest BCUT2D eigenvalue weighted by Gasteiger charge is -2.21. The highest BCUT2D eigenvalue weighted by Crippen LogP contribution is 2.12. The van der Waals surface area contributed by atoms with Crippen LogP contribution in [-0.4, -0.2) is 23.6 Å². The van der Waals surface area contributed by atoms with Gasteiger partial charge in [-0.2, -0.15) is 0 Å². The van der Waals surface area contributed by atoms with E-state index in [1.165, 1.54) is 0 Å². The fourth-order valence-electron chi connectivity index (χ4n) is 2.97. The zero-order valence-electron chi connectivity index (χ0n) is 13.7. The van der Waals surface area contributed by atoms with E-state index < -0.39 is 0 Å². The highest BCUT2D eigenvalue weighted by atomic mass is 16.2. The van der Waals surface area contributed by atoms with Crippen molar-refractivity contribution in [2.75, 3.05) is 13.1 Å². The second-order valence-corrected chi connectivity index (χ2v) is 6.23. The van der Waals surface area contributed by atoms with Crippen LogP contribution in [0.4, 0.5) is 0 Å². The first-order valence-corrected chi connectivity index (χ1v) is 8.44. The number of aromatic nitrogens is 1. The molecule has 1 aromatic carbocycles. The maximum atomic E-state index is 12.1. The highest BCUT2D eigenvalue weighted by molar-refractivity contribution is 5.78. The summed E-state index contributed by atoms with van der Waals surface area (Å²) in [5.74, 6) is 0.284. The molecule has 1 amide bonds. The van der Waals surface area contributed by atoms with Gasteiger partial charge in [0.25, 0.3) is 5.56 Å². The Kier molecular flexibility index (Phi) is 5.43. The molecule has 0 unspecified atom stereocenters. The molecule has 1 aliphatic heterocycles. The van der Waals surface area contributed by atoms with Gasteiger partial charge in [0.1, 0.15) is 0 Å². The van der Waals surface area contributed by atoms with E-state index >= 15 is 0 Å². The summed E-state index contributed by atoms with van der Waals surface area (Å²) in [4.78, 5) is 23.9. The van der Waals surface area contributed by atoms with Gasteiger partial charge in [-0.25, -0.2) is 0 Å². The number of carbonyl (C=O) groups is 1. The molecule has 1 saturated heterocycles. The van der Waals surface area contributed by atoms with Gasteiger partial charge in [-0.3, -0.25) is 9.59 Å². The minimum Gasteiger partial charge on any atom is -0.352 e. The van der Waals surface area contributed by atoms with Crippen molar-refractivity contribution in [1.29, 1.82) is 0 Å². The van der Waals surface area contributed by atoms with E-state index in [0.717, 1.165) is 37.1 Å². The summed E-state index contributed by atoms with van der Waals surface area (Å²) in [6.07, 6.45) is 3.61. The molecule has 0 saturated carbocycles. The Morgan fingerprint density at radius 2 is 1.79 bits per heavy atom. The topological polar surface area (TPSA) is 63.1 Å². The van der Waals surface area contributed by atoms with Crippen LogP contribution in [0.3, 0.4) is 0 Å². The first-order valence-electron chi connectivity index (χ1n) is 8.44. The van der Waals surface area contributed by atoms with E-state index in [4.69, 9.17) is 0 Å². The summed E-state index contributed by atoms with van der Waals surface area (Å²) in [5.41, 5.74) is 2.13. The Morgan fingerprint density at radius 1 is 1.08 bits per heavy atom. The zero-order valence-corrected chi connectivity index (χ0v) is 13.7. The van der Waals surface area contributed by atoms with Crippen LogP contribution in [0.15, 0.2) is 53.5 Å². The molecule has 0 radical (unpaired) electrons. The van der Waals surface area contributed by atoms with Crippen LogP contribution in [-0.2, 0) is 17.9 Å². The molecule has 1 aromatic heterocycles. The summed E-state index contributed by atoms with van der Waals surface area (Å²) >= 11 is 0. The maximum absolute atomic E-state index is 12.1. The average Bonchev–Trinajstić information content (AvgIpc) is 2.63. The fourth-order valence-corrected chi connectivity index (χ4v) is 2.97. The summed E-state index contributed by atoms with van der Waals surface area (Å²) < 4.78 is 1.67. The third-order valence-electron chi connectivity index (χ3n) is 4.45. The molecule has 3 rings (SSSR count). The fraction of sp³-hybridized carbons (Fsp3) is 0.368. The zero-order chi connectivity index (χ0) is 16.8. The summed E-state index contributed by atoms with van der Waals surface area (Å²) in [6, 6.07) is 13.2. The molecule has 0 aliphatic carbocycles. The predicted molar refractivity (Wildman–Crippen MR) is 93.7 cm³/mol. The third-order valence-corrected chi connectivity index (χ3v) is 4.45. The van der Waals surface area contributed by atoms with Gasteiger partial charge in [-0.1, -0.05) is 30.3 Å². The van der Waals surface area contributed by atoms with E-state index in [1.54, 1.807) is 22.9 Å². The van der Waals surface area contributed by atoms with Gasteiger partial charge in [-0.15, -0.1) is 0 Å². The number of hydrogen-bond acceptors (Lipinski definition) is 3. The van der Waals surface area contributed by atoms with Crippen LogP contribution < -0.4 is 16.2 Å². The number of amides is 1. The molecule has 2 N–H and O–H groups in total. The quantitative estimate of drug-likeness (QED) is 0.876. The number of nitrogens with one attached hydrogen (secondary N) is 2. The Morgan fingerprint density at radius 3 is 2.50 bits per heavy atom. The van der Waals surface area contributed by atoms with Gasteiger partial charge in [0, 0.05) is 24.7 Å². The molecule has 2 aromatic rings. The van der Waals surface area contributed by atoms with Gasteiger partial charge in [0.15, 0.2) is 0 Å². The summed E-state index contributed by atoms with van der Waals surface area (Å²) in [6.45, 7) is 2.95. The lowest BCUT2D eigenvalue weighted by atomic mass is 9.97. The van der Waals surface area contributed by atoms with Crippen LogP contribution >= 0.6 is 0 Å². The van der Waals surface area contributed by atoms with Gasteiger partial charge in [0.2, 0.25) is 5.91 Å². The smallest absolute Gasteiger partial charge is 0.250 e. The number of hydrogen-bond donors (Lipinski definition) is 2. The molecule has 2 heterocycles. The van der Waals surface area contributed by atoms with E-state index in [9.17, 15) is 9.59 Å². The lowest BCUT2D eigenvalue weighted by molar-refractivity contribution is -0.125. The van der Waals surface area contributed by atoms with E-state index in [1.807, 2.05) is 30.3 Å². The van der Waals surface area contributed by atoms with Gasteiger partial charge >= 0.3 is 0 Å². The van der Waals surface area contributed by atoms with Crippen LogP contribution in [0.25, 0.3) is 0 Å². The Balaban J connectivity index is 1.54. The largest absolute Gasteiger partial charge is 0.352 e. The van der Waals surface area contributed by atoms with Crippen molar-refractivity contribution in [2.24, 2.45) is 5.92 Å². The van der Waals surface area contributed by atoms with Crippen molar-refractivity contribution < 1.29 is 4.79 Å². The molecule has 5 nitrogen and oxygen atoms in total. The lowest BCUT2D eigenvalue weighted by Crippen LogP contribution is -2.37. The van der Waals surface area contributed by atoms with E-state index in [2.05, 4.69) is 10.6 Å². The number of piperidine rings is 1. The minimum atomic E-state index is -0.00388.